The van der Waals surface area contributed by atoms with Crippen LogP contribution in [0.15, 0.2) is 28.3 Å². The Bertz CT molecular complexity index is 720. The molecule has 0 bridgehead atoms. The summed E-state index contributed by atoms with van der Waals surface area (Å²) in [7, 11) is 2.05. The lowest BCUT2D eigenvalue weighted by molar-refractivity contribution is 0.834. The molecule has 3 aromatic heterocycles. The highest BCUT2D eigenvalue weighted by molar-refractivity contribution is 9.11. The maximum atomic E-state index is 4.35. The Morgan fingerprint density at radius 3 is 3.00 bits per heavy atom. The molecule has 0 atom stereocenters. The predicted octanol–water partition coefficient (Wildman–Crippen LogP) is 2.89. The Balaban J connectivity index is 1.96. The summed E-state index contributed by atoms with van der Waals surface area (Å²) in [6, 6.07) is 6.21. The summed E-state index contributed by atoms with van der Waals surface area (Å²) in [6.45, 7) is 2.79. The van der Waals surface area contributed by atoms with Crippen molar-refractivity contribution >= 4 is 38.9 Å². The Kier molecular flexibility index (Phi) is 3.24. The van der Waals surface area contributed by atoms with Crippen molar-refractivity contribution in [1.82, 2.24) is 19.6 Å². The number of halogens is 1. The highest BCUT2D eigenvalue weighted by atomic mass is 79.9. The molecule has 0 radical (unpaired) electrons. The molecule has 98 valence electrons. The summed E-state index contributed by atoms with van der Waals surface area (Å²) in [5.74, 6) is 1.62. The molecule has 0 N–H and O–H groups in total. The minimum Gasteiger partial charge on any atom is -0.354 e. The summed E-state index contributed by atoms with van der Waals surface area (Å²) in [5, 5.41) is 4.22. The largest absolute Gasteiger partial charge is 0.354 e. The van der Waals surface area contributed by atoms with Crippen LogP contribution in [0.2, 0.25) is 0 Å². The van der Waals surface area contributed by atoms with Gasteiger partial charge in [0.25, 0.3) is 5.78 Å². The monoisotopic (exact) mass is 337 g/mol. The van der Waals surface area contributed by atoms with Crippen molar-refractivity contribution in [2.75, 3.05) is 11.9 Å². The molecule has 0 aromatic carbocycles. The fourth-order valence-electron chi connectivity index (χ4n) is 1.93. The summed E-state index contributed by atoms with van der Waals surface area (Å²) in [6.07, 6.45) is 1.53. The Hall–Kier alpha value is -1.47. The molecular weight excluding hydrogens is 326 g/mol. The first-order valence-corrected chi connectivity index (χ1v) is 7.37. The summed E-state index contributed by atoms with van der Waals surface area (Å²) in [4.78, 5) is 11.9. The van der Waals surface area contributed by atoms with Gasteiger partial charge in [-0.05, 0) is 35.0 Å². The maximum Gasteiger partial charge on any atom is 0.254 e. The molecule has 7 heteroatoms. The number of rotatable bonds is 3. The smallest absolute Gasteiger partial charge is 0.254 e. The third kappa shape index (κ3) is 2.48. The van der Waals surface area contributed by atoms with Crippen LogP contribution in [0.1, 0.15) is 10.6 Å². The van der Waals surface area contributed by atoms with E-state index in [0.717, 1.165) is 21.8 Å². The molecule has 3 heterocycles. The highest BCUT2D eigenvalue weighted by Gasteiger charge is 2.11. The van der Waals surface area contributed by atoms with E-state index in [0.29, 0.717) is 5.78 Å². The third-order valence-electron chi connectivity index (χ3n) is 2.77. The molecule has 3 aromatic rings. The van der Waals surface area contributed by atoms with E-state index in [-0.39, 0.29) is 0 Å². The van der Waals surface area contributed by atoms with Gasteiger partial charge in [0.05, 0.1) is 10.3 Å². The van der Waals surface area contributed by atoms with Gasteiger partial charge in [-0.25, -0.2) is 4.98 Å². The predicted molar refractivity (Wildman–Crippen MR) is 79.6 cm³/mol. The van der Waals surface area contributed by atoms with Crippen molar-refractivity contribution in [2.24, 2.45) is 0 Å². The molecule has 0 spiro atoms. The van der Waals surface area contributed by atoms with Crippen molar-refractivity contribution in [3.8, 4) is 0 Å². The summed E-state index contributed by atoms with van der Waals surface area (Å²) in [5.41, 5.74) is 0.940. The topological polar surface area (TPSA) is 46.3 Å². The zero-order chi connectivity index (χ0) is 13.4. The fraction of sp³-hybridized carbons (Fsp3) is 0.250. The van der Waals surface area contributed by atoms with E-state index in [9.17, 15) is 0 Å². The van der Waals surface area contributed by atoms with Crippen LogP contribution >= 0.6 is 27.3 Å². The van der Waals surface area contributed by atoms with E-state index in [4.69, 9.17) is 0 Å². The van der Waals surface area contributed by atoms with Gasteiger partial charge in [0.2, 0.25) is 0 Å². The Labute approximate surface area is 123 Å². The van der Waals surface area contributed by atoms with Crippen LogP contribution in [-0.2, 0) is 6.54 Å². The van der Waals surface area contributed by atoms with Crippen LogP contribution in [-0.4, -0.2) is 26.6 Å². The minimum atomic E-state index is 0.634. The molecule has 0 aliphatic heterocycles. The first kappa shape index (κ1) is 12.6. The first-order valence-electron chi connectivity index (χ1n) is 5.76. The van der Waals surface area contributed by atoms with E-state index < -0.39 is 0 Å². The average molecular weight is 338 g/mol. The average Bonchev–Trinajstić information content (AvgIpc) is 2.96. The zero-order valence-corrected chi connectivity index (χ0v) is 12.9. The number of hydrogen-bond donors (Lipinski definition) is 0. The van der Waals surface area contributed by atoms with Crippen LogP contribution < -0.4 is 4.90 Å². The van der Waals surface area contributed by atoms with Gasteiger partial charge in [0, 0.05) is 23.7 Å². The van der Waals surface area contributed by atoms with Crippen molar-refractivity contribution in [2.45, 2.75) is 13.5 Å². The van der Waals surface area contributed by atoms with Crippen molar-refractivity contribution < 1.29 is 0 Å². The number of aromatic nitrogens is 4. The van der Waals surface area contributed by atoms with E-state index >= 15 is 0 Å². The number of nitrogens with zero attached hydrogens (tertiary/aromatic N) is 5. The Morgan fingerprint density at radius 1 is 1.42 bits per heavy atom. The van der Waals surface area contributed by atoms with E-state index in [2.05, 4.69) is 48.0 Å². The second-order valence-electron chi connectivity index (χ2n) is 4.29. The van der Waals surface area contributed by atoms with Gasteiger partial charge in [-0.1, -0.05) is 0 Å². The lowest BCUT2D eigenvalue weighted by Crippen LogP contribution is -2.19. The Morgan fingerprint density at radius 2 is 2.26 bits per heavy atom. The second kappa shape index (κ2) is 4.90. The van der Waals surface area contributed by atoms with E-state index in [1.54, 1.807) is 15.9 Å². The van der Waals surface area contributed by atoms with Gasteiger partial charge in [0.1, 0.15) is 12.1 Å². The van der Waals surface area contributed by atoms with Crippen LogP contribution in [0.25, 0.3) is 5.78 Å². The van der Waals surface area contributed by atoms with Gasteiger partial charge in [-0.3, -0.25) is 0 Å². The molecular formula is C12H12BrN5S. The number of thiophene rings is 1. The summed E-state index contributed by atoms with van der Waals surface area (Å²) < 4.78 is 2.91. The number of fused-ring (bicyclic) bond motifs is 1. The SMILES string of the molecule is Cc1cc(N(C)Cc2ccc(Br)s2)n2ncnc2n1. The van der Waals surface area contributed by atoms with Gasteiger partial charge >= 0.3 is 0 Å². The molecule has 3 rings (SSSR count). The van der Waals surface area contributed by atoms with Crippen LogP contribution in [0.5, 0.6) is 0 Å². The molecule has 19 heavy (non-hydrogen) atoms. The lowest BCUT2D eigenvalue weighted by Gasteiger charge is -2.19. The normalized spacial score (nSPS) is 11.1. The first-order chi connectivity index (χ1) is 9.13. The number of hydrogen-bond acceptors (Lipinski definition) is 5. The highest BCUT2D eigenvalue weighted by Crippen LogP contribution is 2.25. The van der Waals surface area contributed by atoms with Gasteiger partial charge in [0.15, 0.2) is 0 Å². The standard InChI is InChI=1S/C12H12BrN5S/c1-8-5-11(18-12(16-8)14-7-15-18)17(2)6-9-3-4-10(13)19-9/h3-5,7H,6H2,1-2H3. The number of aryl methyl sites for hydroxylation is 1. The van der Waals surface area contributed by atoms with Crippen molar-refractivity contribution in [3.63, 3.8) is 0 Å². The second-order valence-corrected chi connectivity index (χ2v) is 6.84. The zero-order valence-electron chi connectivity index (χ0n) is 10.5. The maximum absolute atomic E-state index is 4.35. The van der Waals surface area contributed by atoms with Crippen molar-refractivity contribution in [1.29, 1.82) is 0 Å². The van der Waals surface area contributed by atoms with Crippen LogP contribution in [0, 0.1) is 6.92 Å². The van der Waals surface area contributed by atoms with Crippen LogP contribution in [0.3, 0.4) is 0 Å². The van der Waals surface area contributed by atoms with E-state index in [1.165, 1.54) is 11.2 Å². The lowest BCUT2D eigenvalue weighted by atomic mass is 10.4. The van der Waals surface area contributed by atoms with Crippen molar-refractivity contribution in [3.05, 3.63) is 38.9 Å². The van der Waals surface area contributed by atoms with Gasteiger partial charge in [-0.2, -0.15) is 14.6 Å². The molecule has 0 aliphatic carbocycles. The molecule has 0 aliphatic rings. The quantitative estimate of drug-likeness (QED) is 0.737. The molecule has 5 nitrogen and oxygen atoms in total. The van der Waals surface area contributed by atoms with Gasteiger partial charge in [-0.15, -0.1) is 11.3 Å². The molecule has 0 saturated carbocycles. The van der Waals surface area contributed by atoms with Crippen LogP contribution in [0.4, 0.5) is 5.82 Å². The van der Waals surface area contributed by atoms with Gasteiger partial charge < -0.3 is 4.90 Å². The third-order valence-corrected chi connectivity index (χ3v) is 4.38. The molecule has 0 fully saturated rings. The van der Waals surface area contributed by atoms with E-state index in [1.807, 2.05) is 20.0 Å². The fourth-order valence-corrected chi connectivity index (χ4v) is 3.47. The summed E-state index contributed by atoms with van der Waals surface area (Å²) >= 11 is 5.22. The molecule has 0 unspecified atom stereocenters. The molecule has 0 amide bonds. The molecule has 0 saturated heterocycles. The number of anilines is 1. The minimum absolute atomic E-state index is 0.634.